The van der Waals surface area contributed by atoms with Crippen LogP contribution < -0.4 is 10.3 Å². The SMILES string of the molecule is O=c1[nH]ncc(Oc2ccccc2)c1Cl. The van der Waals surface area contributed by atoms with Crippen molar-refractivity contribution < 1.29 is 4.74 Å². The monoisotopic (exact) mass is 222 g/mol. The molecule has 0 atom stereocenters. The Kier molecular flexibility index (Phi) is 2.69. The lowest BCUT2D eigenvalue weighted by Gasteiger charge is -2.04. The molecule has 1 aromatic carbocycles. The second kappa shape index (κ2) is 4.14. The summed E-state index contributed by atoms with van der Waals surface area (Å²) in [5.41, 5.74) is -0.468. The van der Waals surface area contributed by atoms with Crippen LogP contribution in [0.4, 0.5) is 0 Å². The summed E-state index contributed by atoms with van der Waals surface area (Å²) in [6.45, 7) is 0. The van der Waals surface area contributed by atoms with Gasteiger partial charge in [-0.05, 0) is 12.1 Å². The van der Waals surface area contributed by atoms with Gasteiger partial charge in [0.1, 0.15) is 5.75 Å². The molecular weight excluding hydrogens is 216 g/mol. The van der Waals surface area contributed by atoms with Gasteiger partial charge in [-0.1, -0.05) is 29.8 Å². The first-order valence-electron chi connectivity index (χ1n) is 4.23. The van der Waals surface area contributed by atoms with Crippen molar-refractivity contribution >= 4 is 11.6 Å². The van der Waals surface area contributed by atoms with Crippen LogP contribution in [0.25, 0.3) is 0 Å². The molecule has 0 aliphatic rings. The fourth-order valence-corrected chi connectivity index (χ4v) is 1.18. The number of aromatic nitrogens is 2. The van der Waals surface area contributed by atoms with Crippen molar-refractivity contribution in [2.24, 2.45) is 0 Å². The van der Waals surface area contributed by atoms with Gasteiger partial charge in [-0.3, -0.25) is 4.79 Å². The predicted octanol–water partition coefficient (Wildman–Crippen LogP) is 2.22. The highest BCUT2D eigenvalue weighted by Gasteiger charge is 2.06. The van der Waals surface area contributed by atoms with Crippen LogP contribution in [0.2, 0.25) is 5.02 Å². The highest BCUT2D eigenvalue weighted by Crippen LogP contribution is 2.24. The Labute approximate surface area is 90.5 Å². The van der Waals surface area contributed by atoms with Crippen molar-refractivity contribution in [3.8, 4) is 11.5 Å². The van der Waals surface area contributed by atoms with Gasteiger partial charge in [-0.15, -0.1) is 0 Å². The van der Waals surface area contributed by atoms with E-state index in [4.69, 9.17) is 16.3 Å². The van der Waals surface area contributed by atoms with Gasteiger partial charge in [0.2, 0.25) is 0 Å². The summed E-state index contributed by atoms with van der Waals surface area (Å²) in [6.07, 6.45) is 1.36. The smallest absolute Gasteiger partial charge is 0.286 e. The van der Waals surface area contributed by atoms with Crippen molar-refractivity contribution in [3.63, 3.8) is 0 Å². The lowest BCUT2D eigenvalue weighted by molar-refractivity contribution is 0.477. The number of nitrogens with zero attached hydrogens (tertiary/aromatic N) is 1. The second-order valence-electron chi connectivity index (χ2n) is 2.79. The number of H-pyrrole nitrogens is 1. The molecule has 15 heavy (non-hydrogen) atoms. The fraction of sp³-hybridized carbons (Fsp3) is 0. The van der Waals surface area contributed by atoms with Gasteiger partial charge in [-0.25, -0.2) is 5.10 Å². The van der Waals surface area contributed by atoms with Crippen LogP contribution in [-0.2, 0) is 0 Å². The third kappa shape index (κ3) is 2.16. The number of aromatic amines is 1. The molecule has 76 valence electrons. The van der Waals surface area contributed by atoms with E-state index in [1.165, 1.54) is 6.20 Å². The maximum Gasteiger partial charge on any atom is 0.286 e. The average molecular weight is 223 g/mol. The number of benzene rings is 1. The molecule has 0 saturated carbocycles. The first-order valence-corrected chi connectivity index (χ1v) is 4.61. The summed E-state index contributed by atoms with van der Waals surface area (Å²) in [6, 6.07) is 9.03. The number of nitrogens with one attached hydrogen (secondary N) is 1. The lowest BCUT2D eigenvalue weighted by atomic mass is 10.3. The van der Waals surface area contributed by atoms with E-state index >= 15 is 0 Å². The van der Waals surface area contributed by atoms with Gasteiger partial charge >= 0.3 is 0 Å². The summed E-state index contributed by atoms with van der Waals surface area (Å²) in [7, 11) is 0. The van der Waals surface area contributed by atoms with Crippen LogP contribution in [-0.4, -0.2) is 10.2 Å². The number of hydrogen-bond donors (Lipinski definition) is 1. The summed E-state index contributed by atoms with van der Waals surface area (Å²) in [5, 5.41) is 5.80. The molecule has 5 heteroatoms. The molecule has 2 rings (SSSR count). The van der Waals surface area contributed by atoms with Crippen LogP contribution in [0, 0.1) is 0 Å². The van der Waals surface area contributed by atoms with Gasteiger partial charge in [0.15, 0.2) is 10.8 Å². The van der Waals surface area contributed by atoms with Gasteiger partial charge in [0.25, 0.3) is 5.56 Å². The zero-order chi connectivity index (χ0) is 10.7. The van der Waals surface area contributed by atoms with E-state index in [-0.39, 0.29) is 10.8 Å². The quantitative estimate of drug-likeness (QED) is 0.848. The standard InChI is InChI=1S/C10H7ClN2O2/c11-9-8(6-12-13-10(9)14)15-7-4-2-1-3-5-7/h1-6H,(H,13,14). The molecular formula is C10H7ClN2O2. The minimum Gasteiger partial charge on any atom is -0.454 e. The predicted molar refractivity (Wildman–Crippen MR) is 56.4 cm³/mol. The van der Waals surface area contributed by atoms with Crippen LogP contribution in [0.5, 0.6) is 11.5 Å². The highest BCUT2D eigenvalue weighted by atomic mass is 35.5. The molecule has 4 nitrogen and oxygen atoms in total. The van der Waals surface area contributed by atoms with Crippen molar-refractivity contribution in [1.29, 1.82) is 0 Å². The normalized spacial score (nSPS) is 9.93. The maximum atomic E-state index is 11.1. The van der Waals surface area contributed by atoms with Crippen LogP contribution in [0.15, 0.2) is 41.3 Å². The zero-order valence-electron chi connectivity index (χ0n) is 7.61. The van der Waals surface area contributed by atoms with Crippen LogP contribution >= 0.6 is 11.6 Å². The van der Waals surface area contributed by atoms with Crippen molar-refractivity contribution in [1.82, 2.24) is 10.2 Å². The average Bonchev–Trinajstić information content (AvgIpc) is 2.26. The second-order valence-corrected chi connectivity index (χ2v) is 3.17. The third-order valence-corrected chi connectivity index (χ3v) is 2.09. The van der Waals surface area contributed by atoms with Crippen molar-refractivity contribution in [3.05, 3.63) is 51.9 Å². The Hall–Kier alpha value is -1.81. The summed E-state index contributed by atoms with van der Waals surface area (Å²) < 4.78 is 5.38. The Morgan fingerprint density at radius 2 is 2.00 bits per heavy atom. The summed E-state index contributed by atoms with van der Waals surface area (Å²) in [4.78, 5) is 11.1. The molecule has 1 aromatic heterocycles. The number of para-hydroxylation sites is 1. The topological polar surface area (TPSA) is 55.0 Å². The van der Waals surface area contributed by atoms with E-state index in [1.807, 2.05) is 18.2 Å². The van der Waals surface area contributed by atoms with Crippen LogP contribution in [0.1, 0.15) is 0 Å². The molecule has 1 N–H and O–H groups in total. The van der Waals surface area contributed by atoms with E-state index < -0.39 is 5.56 Å². The molecule has 0 saturated heterocycles. The van der Waals surface area contributed by atoms with Gasteiger partial charge in [0, 0.05) is 0 Å². The Balaban J connectivity index is 2.33. The first kappa shape index (κ1) is 9.73. The molecule has 0 aliphatic heterocycles. The third-order valence-electron chi connectivity index (χ3n) is 1.73. The van der Waals surface area contributed by atoms with Gasteiger partial charge in [-0.2, -0.15) is 5.10 Å². The largest absolute Gasteiger partial charge is 0.454 e. The van der Waals surface area contributed by atoms with Crippen molar-refractivity contribution in [2.75, 3.05) is 0 Å². The zero-order valence-corrected chi connectivity index (χ0v) is 8.36. The number of rotatable bonds is 2. The minimum absolute atomic E-state index is 0.00569. The molecule has 0 fully saturated rings. The van der Waals surface area contributed by atoms with E-state index in [0.29, 0.717) is 5.75 Å². The summed E-state index contributed by atoms with van der Waals surface area (Å²) >= 11 is 5.73. The van der Waals surface area contributed by atoms with Crippen molar-refractivity contribution in [2.45, 2.75) is 0 Å². The molecule has 0 aliphatic carbocycles. The fourth-order valence-electron chi connectivity index (χ4n) is 1.05. The van der Waals surface area contributed by atoms with E-state index in [2.05, 4.69) is 10.2 Å². The molecule has 1 heterocycles. The summed E-state index contributed by atoms with van der Waals surface area (Å²) in [5.74, 6) is 0.846. The molecule has 0 spiro atoms. The molecule has 0 unspecified atom stereocenters. The number of hydrogen-bond acceptors (Lipinski definition) is 3. The first-order chi connectivity index (χ1) is 7.27. The lowest BCUT2D eigenvalue weighted by Crippen LogP contribution is -2.08. The van der Waals surface area contributed by atoms with Gasteiger partial charge in [0.05, 0.1) is 6.20 Å². The molecule has 0 radical (unpaired) electrons. The Bertz CT molecular complexity index is 510. The number of halogens is 1. The minimum atomic E-state index is -0.468. The van der Waals surface area contributed by atoms with Crippen LogP contribution in [0.3, 0.4) is 0 Å². The number of ether oxygens (including phenoxy) is 1. The highest BCUT2D eigenvalue weighted by molar-refractivity contribution is 6.31. The van der Waals surface area contributed by atoms with E-state index in [9.17, 15) is 4.79 Å². The molecule has 0 bridgehead atoms. The molecule has 2 aromatic rings. The van der Waals surface area contributed by atoms with E-state index in [0.717, 1.165) is 0 Å². The Morgan fingerprint density at radius 3 is 2.73 bits per heavy atom. The maximum absolute atomic E-state index is 11.1. The van der Waals surface area contributed by atoms with E-state index in [1.54, 1.807) is 12.1 Å². The molecule has 0 amide bonds. The van der Waals surface area contributed by atoms with Gasteiger partial charge < -0.3 is 4.74 Å². The Morgan fingerprint density at radius 1 is 1.27 bits per heavy atom.